The minimum Gasteiger partial charge on any atom is -0.375 e. The summed E-state index contributed by atoms with van der Waals surface area (Å²) in [5, 5.41) is 0. The number of nitrogens with one attached hydrogen (secondary N) is 1. The van der Waals surface area contributed by atoms with E-state index in [0.29, 0.717) is 29.1 Å². The van der Waals surface area contributed by atoms with E-state index in [1.807, 2.05) is 12.1 Å². The zero-order valence-electron chi connectivity index (χ0n) is 20.7. The van der Waals surface area contributed by atoms with Gasteiger partial charge in [0.05, 0.1) is 28.8 Å². The predicted octanol–water partition coefficient (Wildman–Crippen LogP) is 7.15. The number of hydrogen-bond acceptors (Lipinski definition) is 4. The van der Waals surface area contributed by atoms with Crippen molar-refractivity contribution in [2.24, 2.45) is 5.92 Å². The Balaban J connectivity index is 1.14. The highest BCUT2D eigenvalue weighted by atomic mass is 19.4. The highest BCUT2D eigenvalue weighted by molar-refractivity contribution is 5.80. The second-order valence-corrected chi connectivity index (χ2v) is 10.3. The fraction of sp³-hybridized carbons (Fsp3) is 0.500. The fourth-order valence-electron chi connectivity index (χ4n) is 5.49. The number of alkyl halides is 3. The predicted molar refractivity (Wildman–Crippen MR) is 136 cm³/mol. The Bertz CT molecular complexity index is 1190. The molecule has 192 valence electrons. The van der Waals surface area contributed by atoms with Crippen LogP contribution in [0.3, 0.4) is 0 Å². The number of fused-ring (bicyclic) bond motifs is 1. The molecule has 0 bridgehead atoms. The summed E-state index contributed by atoms with van der Waals surface area (Å²) in [5.41, 5.74) is 2.18. The van der Waals surface area contributed by atoms with Crippen molar-refractivity contribution in [1.82, 2.24) is 15.0 Å². The number of hydrogen-bond donors (Lipinski definition) is 1. The van der Waals surface area contributed by atoms with Crippen LogP contribution in [0.15, 0.2) is 48.7 Å². The summed E-state index contributed by atoms with van der Waals surface area (Å²) in [4.78, 5) is 14.3. The van der Waals surface area contributed by atoms with E-state index in [1.54, 1.807) is 6.20 Å². The van der Waals surface area contributed by atoms with Gasteiger partial charge < -0.3 is 14.6 Å². The number of allylic oxidation sites excluding steroid dienone is 1. The van der Waals surface area contributed by atoms with Crippen molar-refractivity contribution >= 4 is 16.9 Å². The largest absolute Gasteiger partial charge is 0.416 e. The van der Waals surface area contributed by atoms with E-state index in [9.17, 15) is 13.2 Å². The van der Waals surface area contributed by atoms with Gasteiger partial charge >= 0.3 is 6.18 Å². The number of aromatic nitrogens is 3. The number of H-pyrrole nitrogens is 1. The highest BCUT2D eigenvalue weighted by Crippen LogP contribution is 2.33. The summed E-state index contributed by atoms with van der Waals surface area (Å²) in [6.45, 7) is 7.96. The van der Waals surface area contributed by atoms with E-state index >= 15 is 0 Å². The molecule has 5 rings (SSSR count). The molecule has 1 saturated heterocycles. The summed E-state index contributed by atoms with van der Waals surface area (Å²) in [7, 11) is 0. The lowest BCUT2D eigenvalue weighted by Crippen LogP contribution is -2.39. The van der Waals surface area contributed by atoms with E-state index in [-0.39, 0.29) is 0 Å². The molecule has 0 radical (unpaired) electrons. The van der Waals surface area contributed by atoms with Gasteiger partial charge in [0.1, 0.15) is 11.6 Å². The molecule has 1 aliphatic heterocycles. The maximum Gasteiger partial charge on any atom is 0.416 e. The topological polar surface area (TPSA) is 54.0 Å². The minimum absolute atomic E-state index is 0.306. The van der Waals surface area contributed by atoms with Gasteiger partial charge in [-0.2, -0.15) is 13.2 Å². The Morgan fingerprint density at radius 3 is 2.42 bits per heavy atom. The van der Waals surface area contributed by atoms with E-state index in [0.717, 1.165) is 74.6 Å². The molecule has 0 atom stereocenters. The number of imidazole rings is 1. The highest BCUT2D eigenvalue weighted by Gasteiger charge is 2.31. The van der Waals surface area contributed by atoms with Crippen LogP contribution >= 0.6 is 0 Å². The Kier molecular flexibility index (Phi) is 7.06. The second kappa shape index (κ2) is 10.2. The van der Waals surface area contributed by atoms with Gasteiger partial charge in [-0.3, -0.25) is 0 Å². The molecule has 0 spiro atoms. The van der Waals surface area contributed by atoms with Crippen molar-refractivity contribution in [3.63, 3.8) is 0 Å². The summed E-state index contributed by atoms with van der Waals surface area (Å²) in [6, 6.07) is 7.40. The number of ether oxygens (including phenoxy) is 1. The third-order valence-corrected chi connectivity index (χ3v) is 7.41. The number of benzene rings is 1. The van der Waals surface area contributed by atoms with Crippen LogP contribution in [-0.2, 0) is 10.9 Å². The Labute approximate surface area is 209 Å². The third-order valence-electron chi connectivity index (χ3n) is 7.41. The van der Waals surface area contributed by atoms with Crippen molar-refractivity contribution in [3.8, 4) is 11.4 Å². The molecular weight excluding hydrogens is 465 g/mol. The van der Waals surface area contributed by atoms with Crippen LogP contribution in [0.25, 0.3) is 22.4 Å². The van der Waals surface area contributed by atoms with E-state index in [2.05, 4.69) is 33.4 Å². The Morgan fingerprint density at radius 2 is 1.78 bits per heavy atom. The minimum atomic E-state index is -4.38. The number of rotatable bonds is 6. The third kappa shape index (κ3) is 5.75. The molecular formula is C28H33F3N4O. The summed E-state index contributed by atoms with van der Waals surface area (Å²) in [6.07, 6.45) is 5.93. The van der Waals surface area contributed by atoms with E-state index in [1.165, 1.54) is 24.5 Å². The van der Waals surface area contributed by atoms with Crippen LogP contribution in [0.5, 0.6) is 0 Å². The molecule has 3 aromatic rings. The van der Waals surface area contributed by atoms with Crippen LogP contribution in [0.4, 0.5) is 19.0 Å². The van der Waals surface area contributed by atoms with Crippen molar-refractivity contribution < 1.29 is 17.9 Å². The van der Waals surface area contributed by atoms with Crippen LogP contribution in [0.1, 0.15) is 57.4 Å². The molecule has 36 heavy (non-hydrogen) atoms. The first-order valence-electron chi connectivity index (χ1n) is 12.8. The fourth-order valence-corrected chi connectivity index (χ4v) is 5.49. The standard InChI is InChI=1S/C28H33F3N4O/c1-18(2)15-19-3-7-22(8-4-19)36-23-11-13-35(14-12-23)26-10-5-20(17-32-26)27-33-24-9-6-21(28(29,30)31)16-25(24)34-27/h5-6,9-10,16-17,19,22-23H,1,3-4,7-8,11-15H2,2H3,(H,33,34). The lowest BCUT2D eigenvalue weighted by molar-refractivity contribution is -0.137. The van der Waals surface area contributed by atoms with Gasteiger partial charge in [0, 0.05) is 24.8 Å². The molecule has 3 heterocycles. The van der Waals surface area contributed by atoms with Crippen molar-refractivity contribution in [2.75, 3.05) is 18.0 Å². The quantitative estimate of drug-likeness (QED) is 0.367. The number of halogens is 3. The van der Waals surface area contributed by atoms with E-state index in [4.69, 9.17) is 4.74 Å². The zero-order valence-corrected chi connectivity index (χ0v) is 20.7. The van der Waals surface area contributed by atoms with Crippen LogP contribution in [0.2, 0.25) is 0 Å². The normalized spacial score (nSPS) is 21.7. The Morgan fingerprint density at radius 1 is 1.06 bits per heavy atom. The van der Waals surface area contributed by atoms with Gasteiger partial charge in [0.2, 0.25) is 0 Å². The molecule has 1 aliphatic carbocycles. The van der Waals surface area contributed by atoms with Crippen molar-refractivity contribution in [3.05, 3.63) is 54.2 Å². The average molecular weight is 499 g/mol. The van der Waals surface area contributed by atoms with Gasteiger partial charge in [0.25, 0.3) is 0 Å². The smallest absolute Gasteiger partial charge is 0.375 e. The molecule has 0 unspecified atom stereocenters. The molecule has 0 amide bonds. The maximum atomic E-state index is 13.0. The average Bonchev–Trinajstić information content (AvgIpc) is 3.29. The van der Waals surface area contributed by atoms with Crippen LogP contribution < -0.4 is 4.90 Å². The number of nitrogens with zero attached hydrogens (tertiary/aromatic N) is 3. The molecule has 8 heteroatoms. The molecule has 2 aliphatic rings. The maximum absolute atomic E-state index is 13.0. The van der Waals surface area contributed by atoms with Crippen molar-refractivity contribution in [1.29, 1.82) is 0 Å². The molecule has 2 aromatic heterocycles. The van der Waals surface area contributed by atoms with Gasteiger partial charge in [0.15, 0.2) is 0 Å². The van der Waals surface area contributed by atoms with Gasteiger partial charge in [-0.25, -0.2) is 9.97 Å². The number of pyridine rings is 1. The molecule has 2 fully saturated rings. The first kappa shape index (κ1) is 24.8. The second-order valence-electron chi connectivity index (χ2n) is 10.3. The summed E-state index contributed by atoms with van der Waals surface area (Å²) < 4.78 is 45.5. The zero-order chi connectivity index (χ0) is 25.3. The monoisotopic (exact) mass is 498 g/mol. The van der Waals surface area contributed by atoms with Gasteiger partial charge in [-0.1, -0.05) is 5.57 Å². The van der Waals surface area contributed by atoms with Crippen molar-refractivity contribution in [2.45, 2.75) is 70.3 Å². The molecule has 1 N–H and O–H groups in total. The van der Waals surface area contributed by atoms with E-state index < -0.39 is 11.7 Å². The lowest BCUT2D eigenvalue weighted by atomic mass is 9.83. The van der Waals surface area contributed by atoms with Crippen LogP contribution in [0, 0.1) is 5.92 Å². The van der Waals surface area contributed by atoms with Crippen LogP contribution in [-0.4, -0.2) is 40.2 Å². The number of piperidine rings is 1. The number of aromatic amines is 1. The SMILES string of the molecule is C=C(C)CC1CCC(OC2CCN(c3ccc(-c4nc5ccc(C(F)(F)F)cc5[nH]4)cn3)CC2)CC1. The van der Waals surface area contributed by atoms with Gasteiger partial charge in [-0.05, 0) is 88.1 Å². The summed E-state index contributed by atoms with van der Waals surface area (Å²) in [5.74, 6) is 2.18. The molecule has 1 saturated carbocycles. The Hall–Kier alpha value is -2.87. The first-order valence-corrected chi connectivity index (χ1v) is 12.8. The molecule has 5 nitrogen and oxygen atoms in total. The lowest BCUT2D eigenvalue weighted by Gasteiger charge is -2.36. The number of anilines is 1. The van der Waals surface area contributed by atoms with Gasteiger partial charge in [-0.15, -0.1) is 6.58 Å². The first-order chi connectivity index (χ1) is 17.2. The molecule has 1 aromatic carbocycles. The summed E-state index contributed by atoms with van der Waals surface area (Å²) >= 11 is 0.